The third-order valence-electron chi connectivity index (χ3n) is 3.81. The van der Waals surface area contributed by atoms with E-state index in [2.05, 4.69) is 10.2 Å². The van der Waals surface area contributed by atoms with Gasteiger partial charge in [0.25, 0.3) is 5.56 Å². The van der Waals surface area contributed by atoms with Crippen molar-refractivity contribution < 1.29 is 13.6 Å². The van der Waals surface area contributed by atoms with Crippen LogP contribution in [0.4, 0.5) is 0 Å². The largest absolute Gasteiger partial charge is 0.556 e. The fourth-order valence-corrected chi connectivity index (χ4v) is 3.94. The smallest absolute Gasteiger partial charge is 0.399 e. The lowest BCUT2D eigenvalue weighted by Gasteiger charge is -2.22. The van der Waals surface area contributed by atoms with E-state index in [1.807, 2.05) is 12.1 Å². The molecule has 1 N–H and O–H groups in total. The second-order valence-electron chi connectivity index (χ2n) is 5.83. The van der Waals surface area contributed by atoms with Gasteiger partial charge in [0.05, 0.1) is 0 Å². The minimum absolute atomic E-state index is 0.309. The summed E-state index contributed by atoms with van der Waals surface area (Å²) in [5.74, 6) is 0.658. The first-order chi connectivity index (χ1) is 13.6. The highest BCUT2D eigenvalue weighted by molar-refractivity contribution is 7.55. The number of nitrogens with one attached hydrogen (secondary N) is 1. The van der Waals surface area contributed by atoms with E-state index in [-0.39, 0.29) is 0 Å². The van der Waals surface area contributed by atoms with Crippen LogP contribution in [0.5, 0.6) is 11.5 Å². The van der Waals surface area contributed by atoms with Gasteiger partial charge in [-0.3, -0.25) is 4.79 Å². The Labute approximate surface area is 160 Å². The number of rotatable bonds is 6. The van der Waals surface area contributed by atoms with Gasteiger partial charge in [-0.25, -0.2) is 14.7 Å². The van der Waals surface area contributed by atoms with Crippen LogP contribution in [0.3, 0.4) is 0 Å². The number of aromatic nitrogens is 2. The number of benzene rings is 2. The molecular formula is C20H16N3O4P. The Bertz CT molecular complexity index is 1150. The van der Waals surface area contributed by atoms with E-state index in [0.717, 1.165) is 4.68 Å². The molecule has 4 rings (SSSR count). The van der Waals surface area contributed by atoms with Crippen LogP contribution in [-0.4, -0.2) is 9.66 Å². The van der Waals surface area contributed by atoms with Crippen molar-refractivity contribution in [2.24, 2.45) is 0 Å². The minimum atomic E-state index is -4.04. The van der Waals surface area contributed by atoms with E-state index in [4.69, 9.17) is 9.05 Å². The molecular weight excluding hydrogens is 377 g/mol. The Morgan fingerprint density at radius 1 is 0.786 bits per heavy atom. The maximum atomic E-state index is 13.6. The normalized spacial score (nSPS) is 11.1. The number of pyridine rings is 2. The van der Waals surface area contributed by atoms with Crippen LogP contribution in [0.1, 0.15) is 0 Å². The summed E-state index contributed by atoms with van der Waals surface area (Å²) < 4.78 is 25.9. The molecule has 0 aliphatic heterocycles. The maximum absolute atomic E-state index is 13.6. The average molecular weight is 393 g/mol. The van der Waals surface area contributed by atoms with Crippen molar-refractivity contribution in [2.75, 3.05) is 5.20 Å². The van der Waals surface area contributed by atoms with E-state index < -0.39 is 13.3 Å². The highest BCUT2D eigenvalue weighted by Crippen LogP contribution is 2.46. The van der Waals surface area contributed by atoms with E-state index in [1.54, 1.807) is 72.9 Å². The molecule has 0 atom stereocenters. The monoisotopic (exact) mass is 393 g/mol. The maximum Gasteiger partial charge on any atom is 0.556 e. The van der Waals surface area contributed by atoms with Gasteiger partial charge < -0.3 is 9.05 Å². The number of nitrogens with zero attached hydrogens (tertiary/aromatic N) is 2. The third-order valence-corrected chi connectivity index (χ3v) is 5.16. The SMILES string of the molecule is O=c1ccc2cccnc2n1NP(=O)(Oc1ccccc1)Oc1ccccc1. The molecule has 0 spiro atoms. The zero-order chi connectivity index (χ0) is 19.4. The van der Waals surface area contributed by atoms with Gasteiger partial charge in [0.2, 0.25) is 0 Å². The number of hydrogen-bond acceptors (Lipinski definition) is 5. The fraction of sp³-hybridized carbons (Fsp3) is 0. The lowest BCUT2D eigenvalue weighted by atomic mass is 10.3. The molecule has 2 aromatic carbocycles. The van der Waals surface area contributed by atoms with E-state index in [0.29, 0.717) is 22.5 Å². The molecule has 0 aliphatic rings. The predicted molar refractivity (Wildman–Crippen MR) is 107 cm³/mol. The first-order valence-electron chi connectivity index (χ1n) is 8.47. The van der Waals surface area contributed by atoms with Gasteiger partial charge in [-0.1, -0.05) is 36.4 Å². The summed E-state index contributed by atoms with van der Waals surface area (Å²) >= 11 is 0. The Morgan fingerprint density at radius 3 is 2.00 bits per heavy atom. The molecule has 140 valence electrons. The van der Waals surface area contributed by atoms with Crippen molar-refractivity contribution in [2.45, 2.75) is 0 Å². The minimum Gasteiger partial charge on any atom is -0.399 e. The van der Waals surface area contributed by atoms with E-state index in [1.165, 1.54) is 6.07 Å². The van der Waals surface area contributed by atoms with Crippen molar-refractivity contribution in [1.82, 2.24) is 9.66 Å². The van der Waals surface area contributed by atoms with Crippen LogP contribution in [0.25, 0.3) is 11.0 Å². The lowest BCUT2D eigenvalue weighted by molar-refractivity contribution is 0.387. The number of fused-ring (bicyclic) bond motifs is 1. The van der Waals surface area contributed by atoms with Crippen LogP contribution in [0.15, 0.2) is 95.9 Å². The Kier molecular flexibility index (Phi) is 4.83. The zero-order valence-corrected chi connectivity index (χ0v) is 15.5. The Morgan fingerprint density at radius 2 is 1.39 bits per heavy atom. The Balaban J connectivity index is 1.77. The lowest BCUT2D eigenvalue weighted by Crippen LogP contribution is -2.30. The predicted octanol–water partition coefficient (Wildman–Crippen LogP) is 4.21. The van der Waals surface area contributed by atoms with Gasteiger partial charge >= 0.3 is 7.75 Å². The molecule has 2 aromatic heterocycles. The topological polar surface area (TPSA) is 82.5 Å². The molecule has 0 amide bonds. The van der Waals surface area contributed by atoms with Gasteiger partial charge in [0.15, 0.2) is 5.65 Å². The van der Waals surface area contributed by atoms with Crippen LogP contribution in [0, 0.1) is 0 Å². The summed E-state index contributed by atoms with van der Waals surface area (Å²) in [5, 5.41) is 3.31. The molecule has 0 fully saturated rings. The second kappa shape index (κ2) is 7.58. The highest BCUT2D eigenvalue weighted by Gasteiger charge is 2.30. The summed E-state index contributed by atoms with van der Waals surface area (Å²) in [7, 11) is -4.04. The summed E-state index contributed by atoms with van der Waals surface area (Å²) in [5.41, 5.74) is -0.136. The average Bonchev–Trinajstić information content (AvgIpc) is 2.71. The van der Waals surface area contributed by atoms with Gasteiger partial charge in [0.1, 0.15) is 11.5 Å². The van der Waals surface area contributed by atoms with Gasteiger partial charge in [-0.2, -0.15) is 4.68 Å². The first-order valence-corrected chi connectivity index (χ1v) is 10.0. The molecule has 0 saturated heterocycles. The molecule has 8 heteroatoms. The molecule has 0 bridgehead atoms. The van der Waals surface area contributed by atoms with Gasteiger partial charge in [-0.05, 0) is 42.5 Å². The van der Waals surface area contributed by atoms with Crippen molar-refractivity contribution in [3.8, 4) is 11.5 Å². The molecule has 0 saturated carbocycles. The second-order valence-corrected chi connectivity index (χ2v) is 7.39. The molecule has 0 unspecified atom stereocenters. The van der Waals surface area contributed by atoms with Crippen LogP contribution < -0.4 is 19.8 Å². The van der Waals surface area contributed by atoms with Crippen molar-refractivity contribution in [3.05, 3.63) is 101 Å². The quantitative estimate of drug-likeness (QED) is 0.494. The summed E-state index contributed by atoms with van der Waals surface area (Å²) in [4.78, 5) is 16.7. The molecule has 0 aliphatic carbocycles. The van der Waals surface area contributed by atoms with Crippen LogP contribution in [-0.2, 0) is 4.57 Å². The Hall–Kier alpha value is -3.57. The highest BCUT2D eigenvalue weighted by atomic mass is 31.2. The van der Waals surface area contributed by atoms with E-state index >= 15 is 0 Å². The van der Waals surface area contributed by atoms with Crippen LogP contribution >= 0.6 is 7.75 Å². The summed E-state index contributed by atoms with van der Waals surface area (Å²) in [6.45, 7) is 0. The first kappa shape index (κ1) is 17.8. The van der Waals surface area contributed by atoms with E-state index in [9.17, 15) is 9.36 Å². The summed E-state index contributed by atoms with van der Waals surface area (Å²) in [6.07, 6.45) is 1.54. The summed E-state index contributed by atoms with van der Waals surface area (Å²) in [6, 6.07) is 23.7. The molecule has 7 nitrogen and oxygen atoms in total. The van der Waals surface area contributed by atoms with Crippen molar-refractivity contribution >= 4 is 18.8 Å². The number of hydrogen-bond donors (Lipinski definition) is 1. The molecule has 28 heavy (non-hydrogen) atoms. The van der Waals surface area contributed by atoms with Crippen LogP contribution in [0.2, 0.25) is 0 Å². The van der Waals surface area contributed by atoms with Gasteiger partial charge in [-0.15, -0.1) is 0 Å². The standard InChI is InChI=1S/C20H16N3O4P/c24-19-14-13-16-8-7-15-21-20(16)23(19)22-28(25,26-17-9-3-1-4-10-17)27-18-11-5-2-6-12-18/h1-15H,(H,22,25). The molecule has 2 heterocycles. The zero-order valence-electron chi connectivity index (χ0n) is 14.6. The molecule has 4 aromatic rings. The third kappa shape index (κ3) is 3.89. The van der Waals surface area contributed by atoms with Crippen molar-refractivity contribution in [3.63, 3.8) is 0 Å². The van der Waals surface area contributed by atoms with Crippen molar-refractivity contribution in [1.29, 1.82) is 0 Å². The molecule has 0 radical (unpaired) electrons. The number of para-hydroxylation sites is 2. The van der Waals surface area contributed by atoms with Gasteiger partial charge in [0, 0.05) is 17.6 Å². The fourth-order valence-electron chi connectivity index (χ4n) is 2.59.